The lowest BCUT2D eigenvalue weighted by Gasteiger charge is -2.05. The van der Waals surface area contributed by atoms with Crippen LogP contribution in [0.4, 0.5) is 13.2 Å². The van der Waals surface area contributed by atoms with Crippen molar-refractivity contribution < 1.29 is 18.3 Å². The predicted molar refractivity (Wildman–Crippen MR) is 110 cm³/mol. The molecule has 0 fully saturated rings. The molecule has 29 heavy (non-hydrogen) atoms. The first-order chi connectivity index (χ1) is 13.9. The van der Waals surface area contributed by atoms with Crippen molar-refractivity contribution in [3.05, 3.63) is 78.1 Å². The quantitative estimate of drug-likeness (QED) is 0.366. The van der Waals surface area contributed by atoms with Gasteiger partial charge in [-0.15, -0.1) is 0 Å². The van der Waals surface area contributed by atoms with E-state index in [0.717, 1.165) is 27.7 Å². The van der Waals surface area contributed by atoms with Crippen LogP contribution in [-0.2, 0) is 0 Å². The van der Waals surface area contributed by atoms with Crippen molar-refractivity contribution in [2.45, 2.75) is 10.4 Å². The minimum atomic E-state index is -4.29. The van der Waals surface area contributed by atoms with Crippen LogP contribution >= 0.6 is 11.8 Å². The molecular weight excluding hydrogens is 397 g/mol. The molecule has 0 aliphatic rings. The topological polar surface area (TPSA) is 48.9 Å². The largest absolute Gasteiger partial charge is 0.507 e. The Hall–Kier alpha value is -3.19. The summed E-state index contributed by atoms with van der Waals surface area (Å²) in [7, 11) is 0. The SMILES string of the molecule is Oc1ccccc1-c1ccc2nc(C=Cc3ccc(SC(F)(F)F)cc3)[nH]c2c1. The molecule has 4 rings (SSSR count). The predicted octanol–water partition coefficient (Wildman–Crippen LogP) is 6.72. The molecule has 0 aliphatic carbocycles. The summed E-state index contributed by atoms with van der Waals surface area (Å²) >= 11 is -0.133. The fraction of sp³-hybridized carbons (Fsp3) is 0.0455. The van der Waals surface area contributed by atoms with E-state index in [4.69, 9.17) is 0 Å². The smallest absolute Gasteiger partial charge is 0.446 e. The molecule has 1 aromatic heterocycles. The van der Waals surface area contributed by atoms with Gasteiger partial charge in [-0.2, -0.15) is 13.2 Å². The number of nitrogens with zero attached hydrogens (tertiary/aromatic N) is 1. The van der Waals surface area contributed by atoms with E-state index in [1.807, 2.05) is 30.3 Å². The second-order valence-corrected chi connectivity index (χ2v) is 7.46. The molecule has 7 heteroatoms. The van der Waals surface area contributed by atoms with Gasteiger partial charge in [0.05, 0.1) is 11.0 Å². The third kappa shape index (κ3) is 4.63. The third-order valence-corrected chi connectivity index (χ3v) is 5.00. The van der Waals surface area contributed by atoms with Crippen LogP contribution in [0.15, 0.2) is 71.6 Å². The Morgan fingerprint density at radius 1 is 0.931 bits per heavy atom. The maximum Gasteiger partial charge on any atom is 0.446 e. The number of para-hydroxylation sites is 1. The van der Waals surface area contributed by atoms with Gasteiger partial charge in [0.1, 0.15) is 11.6 Å². The van der Waals surface area contributed by atoms with Crippen LogP contribution in [-0.4, -0.2) is 20.6 Å². The van der Waals surface area contributed by atoms with Crippen molar-refractivity contribution in [2.24, 2.45) is 0 Å². The van der Waals surface area contributed by atoms with E-state index in [9.17, 15) is 18.3 Å². The van der Waals surface area contributed by atoms with Crippen LogP contribution in [0, 0.1) is 0 Å². The molecule has 0 saturated carbocycles. The zero-order valence-electron chi connectivity index (χ0n) is 14.9. The number of benzene rings is 3. The Balaban J connectivity index is 1.55. The van der Waals surface area contributed by atoms with Crippen molar-refractivity contribution in [1.82, 2.24) is 9.97 Å². The molecule has 0 saturated heterocycles. The number of alkyl halides is 3. The molecule has 3 aromatic carbocycles. The number of fused-ring (bicyclic) bond motifs is 1. The summed E-state index contributed by atoms with van der Waals surface area (Å²) in [5.74, 6) is 0.835. The monoisotopic (exact) mass is 412 g/mol. The van der Waals surface area contributed by atoms with Crippen LogP contribution in [0.2, 0.25) is 0 Å². The first-order valence-electron chi connectivity index (χ1n) is 8.69. The van der Waals surface area contributed by atoms with Gasteiger partial charge in [-0.05, 0) is 59.3 Å². The van der Waals surface area contributed by atoms with Crippen LogP contribution in [0.1, 0.15) is 11.4 Å². The van der Waals surface area contributed by atoms with E-state index in [1.54, 1.807) is 36.4 Å². The van der Waals surface area contributed by atoms with E-state index in [1.165, 1.54) is 12.1 Å². The standard InChI is InChI=1S/C22H15F3N2OS/c23-22(24,25)29-16-9-5-14(6-10-16)7-12-21-26-18-11-8-15(13-19(18)27-21)17-3-1-2-4-20(17)28/h1-13,28H,(H,26,27). The number of halogens is 3. The van der Waals surface area contributed by atoms with Crippen molar-refractivity contribution in [1.29, 1.82) is 0 Å². The van der Waals surface area contributed by atoms with E-state index in [2.05, 4.69) is 9.97 Å². The molecule has 0 spiro atoms. The normalized spacial score (nSPS) is 12.1. The first-order valence-corrected chi connectivity index (χ1v) is 9.51. The molecule has 1 heterocycles. The number of hydrogen-bond donors (Lipinski definition) is 2. The Morgan fingerprint density at radius 2 is 1.69 bits per heavy atom. The Bertz CT molecular complexity index is 1180. The fourth-order valence-electron chi connectivity index (χ4n) is 2.95. The number of rotatable bonds is 4. The summed E-state index contributed by atoms with van der Waals surface area (Å²) in [4.78, 5) is 7.85. The van der Waals surface area contributed by atoms with Gasteiger partial charge in [0, 0.05) is 10.5 Å². The maximum atomic E-state index is 12.4. The highest BCUT2D eigenvalue weighted by atomic mass is 32.2. The van der Waals surface area contributed by atoms with Crippen molar-refractivity contribution in [3.8, 4) is 16.9 Å². The summed E-state index contributed by atoms with van der Waals surface area (Å²) < 4.78 is 37.2. The Kier molecular flexibility index (Phi) is 5.07. The first kappa shape index (κ1) is 19.1. The Labute approximate surface area is 168 Å². The van der Waals surface area contributed by atoms with E-state index in [0.29, 0.717) is 5.82 Å². The molecule has 0 bridgehead atoms. The van der Waals surface area contributed by atoms with Gasteiger partial charge in [0.25, 0.3) is 0 Å². The van der Waals surface area contributed by atoms with E-state index in [-0.39, 0.29) is 22.4 Å². The van der Waals surface area contributed by atoms with Gasteiger partial charge in [-0.3, -0.25) is 0 Å². The molecule has 0 aliphatic heterocycles. The molecule has 0 radical (unpaired) electrons. The zero-order valence-corrected chi connectivity index (χ0v) is 15.8. The number of hydrogen-bond acceptors (Lipinski definition) is 3. The van der Waals surface area contributed by atoms with E-state index < -0.39 is 5.51 Å². The molecule has 3 nitrogen and oxygen atoms in total. The number of imidazole rings is 1. The number of phenols is 1. The van der Waals surface area contributed by atoms with Gasteiger partial charge < -0.3 is 10.1 Å². The lowest BCUT2D eigenvalue weighted by atomic mass is 10.0. The van der Waals surface area contributed by atoms with E-state index >= 15 is 0 Å². The van der Waals surface area contributed by atoms with Crippen LogP contribution < -0.4 is 0 Å². The highest BCUT2D eigenvalue weighted by molar-refractivity contribution is 8.00. The minimum Gasteiger partial charge on any atom is -0.507 e. The number of thioether (sulfide) groups is 1. The van der Waals surface area contributed by atoms with Gasteiger partial charge in [0.15, 0.2) is 0 Å². The molecule has 2 N–H and O–H groups in total. The number of H-pyrrole nitrogens is 1. The van der Waals surface area contributed by atoms with Gasteiger partial charge in [-0.25, -0.2) is 4.98 Å². The molecule has 0 atom stereocenters. The fourth-order valence-corrected chi connectivity index (χ4v) is 3.49. The summed E-state index contributed by atoms with van der Waals surface area (Å²) in [6.07, 6.45) is 3.55. The molecule has 146 valence electrons. The number of aromatic amines is 1. The number of aromatic hydroxyl groups is 1. The second-order valence-electron chi connectivity index (χ2n) is 6.32. The number of aromatic nitrogens is 2. The molecule has 0 unspecified atom stereocenters. The summed E-state index contributed by atoms with van der Waals surface area (Å²) in [6, 6.07) is 18.9. The molecule has 4 aromatic rings. The lowest BCUT2D eigenvalue weighted by molar-refractivity contribution is -0.0328. The van der Waals surface area contributed by atoms with Gasteiger partial charge >= 0.3 is 5.51 Å². The second kappa shape index (κ2) is 7.67. The van der Waals surface area contributed by atoms with Gasteiger partial charge in [-0.1, -0.05) is 42.5 Å². The number of nitrogens with one attached hydrogen (secondary N) is 1. The summed E-state index contributed by atoms with van der Waals surface area (Å²) in [6.45, 7) is 0. The van der Waals surface area contributed by atoms with Crippen molar-refractivity contribution in [3.63, 3.8) is 0 Å². The van der Waals surface area contributed by atoms with Crippen LogP contribution in [0.3, 0.4) is 0 Å². The zero-order chi connectivity index (χ0) is 20.4. The van der Waals surface area contributed by atoms with Crippen molar-refractivity contribution >= 4 is 34.9 Å². The maximum absolute atomic E-state index is 12.4. The Morgan fingerprint density at radius 3 is 2.41 bits per heavy atom. The average molecular weight is 412 g/mol. The van der Waals surface area contributed by atoms with Crippen LogP contribution in [0.25, 0.3) is 34.3 Å². The lowest BCUT2D eigenvalue weighted by Crippen LogP contribution is -1.98. The van der Waals surface area contributed by atoms with Crippen molar-refractivity contribution in [2.75, 3.05) is 0 Å². The third-order valence-electron chi connectivity index (χ3n) is 4.26. The summed E-state index contributed by atoms with van der Waals surface area (Å²) in [5, 5.41) is 10.0. The van der Waals surface area contributed by atoms with Crippen LogP contribution in [0.5, 0.6) is 5.75 Å². The highest BCUT2D eigenvalue weighted by Crippen LogP contribution is 2.36. The number of phenolic OH excluding ortho intramolecular Hbond substituents is 1. The minimum absolute atomic E-state index is 0.133. The summed E-state index contributed by atoms with van der Waals surface area (Å²) in [5.41, 5.74) is -0.318. The molecular formula is C22H15F3N2OS. The molecule has 0 amide bonds. The highest BCUT2D eigenvalue weighted by Gasteiger charge is 2.28. The average Bonchev–Trinajstić information content (AvgIpc) is 3.09. The van der Waals surface area contributed by atoms with Gasteiger partial charge in [0.2, 0.25) is 0 Å².